The van der Waals surface area contributed by atoms with Crippen molar-refractivity contribution in [1.29, 1.82) is 0 Å². The smallest absolute Gasteiger partial charge is 0.321 e. The van der Waals surface area contributed by atoms with Crippen LogP contribution in [0.25, 0.3) is 0 Å². The van der Waals surface area contributed by atoms with Crippen LogP contribution in [-0.2, 0) is 12.8 Å². The van der Waals surface area contributed by atoms with Crippen molar-refractivity contribution in [2.75, 3.05) is 18.9 Å². The number of amides is 2. The second kappa shape index (κ2) is 6.38. The van der Waals surface area contributed by atoms with Crippen LogP contribution < -0.4 is 10.1 Å². The van der Waals surface area contributed by atoms with E-state index in [0.717, 1.165) is 42.2 Å². The highest BCUT2D eigenvalue weighted by molar-refractivity contribution is 5.89. The van der Waals surface area contributed by atoms with Crippen LogP contribution in [0.1, 0.15) is 43.0 Å². The van der Waals surface area contributed by atoms with Crippen LogP contribution in [0.5, 0.6) is 5.75 Å². The Morgan fingerprint density at radius 2 is 2.24 bits per heavy atom. The number of fused-ring (bicyclic) bond motifs is 1. The fourth-order valence-electron chi connectivity index (χ4n) is 2.95. The van der Waals surface area contributed by atoms with Gasteiger partial charge in [0.2, 0.25) is 5.89 Å². The average molecular weight is 342 g/mol. The highest BCUT2D eigenvalue weighted by Crippen LogP contribution is 2.38. The number of anilines is 1. The van der Waals surface area contributed by atoms with Crippen LogP contribution in [0.2, 0.25) is 0 Å². The van der Waals surface area contributed by atoms with Crippen molar-refractivity contribution >= 4 is 11.7 Å². The summed E-state index contributed by atoms with van der Waals surface area (Å²) in [4.78, 5) is 18.3. The maximum Gasteiger partial charge on any atom is 0.321 e. The van der Waals surface area contributed by atoms with Gasteiger partial charge in [0.05, 0.1) is 0 Å². The van der Waals surface area contributed by atoms with E-state index in [4.69, 9.17) is 9.26 Å². The van der Waals surface area contributed by atoms with Crippen LogP contribution in [0.15, 0.2) is 22.7 Å². The lowest BCUT2D eigenvalue weighted by atomic mass is 10.1. The zero-order chi connectivity index (χ0) is 17.4. The molecular weight excluding hydrogens is 320 g/mol. The molecule has 0 spiro atoms. The van der Waals surface area contributed by atoms with Crippen LogP contribution in [0.4, 0.5) is 10.5 Å². The van der Waals surface area contributed by atoms with Crippen molar-refractivity contribution in [2.45, 2.75) is 44.6 Å². The topological polar surface area (TPSA) is 80.5 Å². The minimum Gasteiger partial charge on any atom is -0.490 e. The first kappa shape index (κ1) is 15.9. The lowest BCUT2D eigenvalue weighted by Crippen LogP contribution is -2.33. The Kier molecular flexibility index (Phi) is 4.07. The summed E-state index contributed by atoms with van der Waals surface area (Å²) in [5.41, 5.74) is 1.91. The molecule has 7 heteroatoms. The number of carbonyl (C=O) groups excluding carboxylic acids is 1. The normalized spacial score (nSPS) is 18.6. The molecular formula is C18H22N4O3. The number of hydrogen-bond donors (Lipinski definition) is 1. The van der Waals surface area contributed by atoms with Gasteiger partial charge in [-0.25, -0.2) is 4.79 Å². The second-order valence-electron chi connectivity index (χ2n) is 6.88. The van der Waals surface area contributed by atoms with E-state index >= 15 is 0 Å². The van der Waals surface area contributed by atoms with Crippen LogP contribution in [-0.4, -0.2) is 40.8 Å². The molecule has 132 valence electrons. The predicted molar refractivity (Wildman–Crippen MR) is 91.9 cm³/mol. The number of carbonyl (C=O) groups is 1. The maximum atomic E-state index is 12.3. The minimum absolute atomic E-state index is 0.155. The quantitative estimate of drug-likeness (QED) is 0.903. The molecule has 1 aromatic carbocycles. The molecule has 0 bridgehead atoms. The van der Waals surface area contributed by atoms with Gasteiger partial charge in [-0.15, -0.1) is 0 Å². The van der Waals surface area contributed by atoms with Crippen molar-refractivity contribution in [1.82, 2.24) is 15.0 Å². The van der Waals surface area contributed by atoms with Crippen LogP contribution >= 0.6 is 0 Å². The number of urea groups is 1. The van der Waals surface area contributed by atoms with E-state index < -0.39 is 0 Å². The summed E-state index contributed by atoms with van der Waals surface area (Å²) in [5.74, 6) is 2.75. The molecule has 1 aromatic heterocycles. The summed E-state index contributed by atoms with van der Waals surface area (Å²) in [6.07, 6.45) is 3.91. The number of ether oxygens (including phenoxy) is 1. The summed E-state index contributed by atoms with van der Waals surface area (Å²) in [7, 11) is 1.76. The number of aromatic nitrogens is 2. The molecule has 1 atom stereocenters. The molecule has 4 rings (SSSR count). The molecule has 1 aliphatic heterocycles. The zero-order valence-corrected chi connectivity index (χ0v) is 14.5. The first-order valence-electron chi connectivity index (χ1n) is 8.72. The monoisotopic (exact) mass is 342 g/mol. The van der Waals surface area contributed by atoms with E-state index in [9.17, 15) is 4.79 Å². The number of benzene rings is 1. The maximum absolute atomic E-state index is 12.3. The van der Waals surface area contributed by atoms with Crippen molar-refractivity contribution in [3.05, 3.63) is 35.5 Å². The SMILES string of the molecule is C[C@H]1Cc2cc(NC(=O)N(C)CCc3noc(C4CC4)n3)ccc2O1. The Bertz CT molecular complexity index is 784. The van der Waals surface area contributed by atoms with Crippen molar-refractivity contribution < 1.29 is 14.1 Å². The Balaban J connectivity index is 1.30. The third-order valence-corrected chi connectivity index (χ3v) is 4.58. The first-order chi connectivity index (χ1) is 12.1. The van der Waals surface area contributed by atoms with Gasteiger partial charge in [0, 0.05) is 38.0 Å². The van der Waals surface area contributed by atoms with E-state index in [0.29, 0.717) is 24.7 Å². The fraction of sp³-hybridized carbons (Fsp3) is 0.500. The summed E-state index contributed by atoms with van der Waals surface area (Å²) in [5, 5.41) is 6.90. The van der Waals surface area contributed by atoms with Gasteiger partial charge >= 0.3 is 6.03 Å². The van der Waals surface area contributed by atoms with E-state index in [1.54, 1.807) is 11.9 Å². The second-order valence-corrected chi connectivity index (χ2v) is 6.88. The summed E-state index contributed by atoms with van der Waals surface area (Å²) >= 11 is 0. The van der Waals surface area contributed by atoms with Gasteiger partial charge in [-0.05, 0) is 43.5 Å². The molecule has 2 aromatic rings. The fourth-order valence-corrected chi connectivity index (χ4v) is 2.95. The van der Waals surface area contributed by atoms with Crippen LogP contribution in [0, 0.1) is 0 Å². The first-order valence-corrected chi connectivity index (χ1v) is 8.72. The molecule has 0 radical (unpaired) electrons. The molecule has 0 saturated heterocycles. The van der Waals surface area contributed by atoms with E-state index in [1.165, 1.54) is 0 Å². The number of nitrogens with zero attached hydrogens (tertiary/aromatic N) is 3. The summed E-state index contributed by atoms with van der Waals surface area (Å²) in [6, 6.07) is 5.60. The Morgan fingerprint density at radius 1 is 1.40 bits per heavy atom. The highest BCUT2D eigenvalue weighted by Gasteiger charge is 2.29. The predicted octanol–water partition coefficient (Wildman–Crippen LogP) is 2.98. The minimum atomic E-state index is -0.155. The van der Waals surface area contributed by atoms with Gasteiger partial charge in [0.1, 0.15) is 11.9 Å². The highest BCUT2D eigenvalue weighted by atomic mass is 16.5. The largest absolute Gasteiger partial charge is 0.490 e. The number of nitrogens with one attached hydrogen (secondary N) is 1. The average Bonchev–Trinajstić information content (AvgIpc) is 3.21. The molecule has 1 fully saturated rings. The van der Waals surface area contributed by atoms with Gasteiger partial charge in [0.25, 0.3) is 0 Å². The van der Waals surface area contributed by atoms with E-state index in [2.05, 4.69) is 15.5 Å². The summed E-state index contributed by atoms with van der Waals surface area (Å²) < 4.78 is 10.9. The Morgan fingerprint density at radius 3 is 3.04 bits per heavy atom. The number of rotatable bonds is 5. The van der Waals surface area contributed by atoms with Gasteiger partial charge in [-0.2, -0.15) is 4.98 Å². The van der Waals surface area contributed by atoms with Crippen molar-refractivity contribution in [2.24, 2.45) is 0 Å². The Hall–Kier alpha value is -2.57. The third kappa shape index (κ3) is 3.60. The molecule has 7 nitrogen and oxygen atoms in total. The van der Waals surface area contributed by atoms with Gasteiger partial charge in [0.15, 0.2) is 5.82 Å². The lowest BCUT2D eigenvalue weighted by molar-refractivity contribution is 0.222. The molecule has 1 N–H and O–H groups in total. The molecule has 0 unspecified atom stereocenters. The molecule has 1 aliphatic carbocycles. The number of likely N-dealkylation sites (N-methyl/N-ethyl adjacent to an activating group) is 1. The molecule has 1 saturated carbocycles. The lowest BCUT2D eigenvalue weighted by Gasteiger charge is -2.17. The van der Waals surface area contributed by atoms with Crippen LogP contribution in [0.3, 0.4) is 0 Å². The standard InChI is InChI=1S/C18H22N4O3/c1-11-9-13-10-14(5-6-15(13)24-11)19-18(23)22(2)8-7-16-20-17(25-21-16)12-3-4-12/h5-6,10-12H,3-4,7-9H2,1-2H3,(H,19,23)/t11-/m0/s1. The molecule has 2 aliphatic rings. The van der Waals surface area contributed by atoms with Gasteiger partial charge < -0.3 is 19.5 Å². The van der Waals surface area contributed by atoms with Crippen molar-refractivity contribution in [3.63, 3.8) is 0 Å². The zero-order valence-electron chi connectivity index (χ0n) is 14.5. The molecule has 2 heterocycles. The summed E-state index contributed by atoms with van der Waals surface area (Å²) in [6.45, 7) is 2.57. The van der Waals surface area contributed by atoms with Crippen molar-refractivity contribution in [3.8, 4) is 5.75 Å². The van der Waals surface area contributed by atoms with Gasteiger partial charge in [-0.1, -0.05) is 5.16 Å². The molecule has 25 heavy (non-hydrogen) atoms. The van der Waals surface area contributed by atoms with Gasteiger partial charge in [-0.3, -0.25) is 0 Å². The molecule has 2 amide bonds. The third-order valence-electron chi connectivity index (χ3n) is 4.58. The van der Waals surface area contributed by atoms with E-state index in [-0.39, 0.29) is 12.1 Å². The number of hydrogen-bond acceptors (Lipinski definition) is 5. The Labute approximate surface area is 146 Å². The van der Waals surface area contributed by atoms with E-state index in [1.807, 2.05) is 25.1 Å².